The molecule has 0 spiro atoms. The van der Waals surface area contributed by atoms with E-state index in [2.05, 4.69) is 0 Å². The highest BCUT2D eigenvalue weighted by Gasteiger charge is 2.43. The normalized spacial score (nSPS) is 23.7. The largest absolute Gasteiger partial charge is 0.492 e. The van der Waals surface area contributed by atoms with Crippen molar-refractivity contribution in [3.05, 3.63) is 53.0 Å². The lowest BCUT2D eigenvalue weighted by Crippen LogP contribution is -2.35. The molecule has 24 heavy (non-hydrogen) atoms. The summed E-state index contributed by atoms with van der Waals surface area (Å²) in [5.41, 5.74) is 1.58. The maximum Gasteiger partial charge on any atom is 0.334 e. The summed E-state index contributed by atoms with van der Waals surface area (Å²) < 4.78 is 16.6. The van der Waals surface area contributed by atoms with Crippen LogP contribution < -0.4 is 4.74 Å². The monoisotopic (exact) mass is 328 g/mol. The Morgan fingerprint density at radius 1 is 1.33 bits per heavy atom. The first-order chi connectivity index (χ1) is 11.5. The van der Waals surface area contributed by atoms with Crippen LogP contribution in [-0.4, -0.2) is 25.0 Å². The molecule has 5 nitrogen and oxygen atoms in total. The van der Waals surface area contributed by atoms with Crippen LogP contribution in [0, 0.1) is 5.92 Å². The summed E-state index contributed by atoms with van der Waals surface area (Å²) in [5, 5.41) is 0. The fraction of sp³-hybridized carbons (Fsp3) is 0.368. The molecule has 2 heterocycles. The smallest absolute Gasteiger partial charge is 0.334 e. The van der Waals surface area contributed by atoms with Crippen molar-refractivity contribution in [1.29, 1.82) is 0 Å². The average Bonchev–Trinajstić information content (AvgIpc) is 2.54. The summed E-state index contributed by atoms with van der Waals surface area (Å²) in [4.78, 5) is 24.1. The van der Waals surface area contributed by atoms with E-state index in [0.717, 1.165) is 11.3 Å². The SMILES string of the molecule is CCOC(=O)/C=C1\OC(C)=C(C(C)=O)[C@@H]2c3ccccc3OC[C@H]12. The van der Waals surface area contributed by atoms with Crippen molar-refractivity contribution in [1.82, 2.24) is 0 Å². The number of rotatable bonds is 3. The number of esters is 1. The lowest BCUT2D eigenvalue weighted by atomic mass is 9.74. The summed E-state index contributed by atoms with van der Waals surface area (Å²) in [6, 6.07) is 7.66. The predicted octanol–water partition coefficient (Wildman–Crippen LogP) is 3.12. The van der Waals surface area contributed by atoms with Gasteiger partial charge in [0.2, 0.25) is 0 Å². The van der Waals surface area contributed by atoms with Gasteiger partial charge in [0.1, 0.15) is 17.3 Å². The molecule has 2 aliphatic rings. The van der Waals surface area contributed by atoms with E-state index < -0.39 is 5.97 Å². The average molecular weight is 328 g/mol. The number of benzene rings is 1. The van der Waals surface area contributed by atoms with Crippen molar-refractivity contribution in [2.45, 2.75) is 26.7 Å². The maximum atomic E-state index is 12.2. The summed E-state index contributed by atoms with van der Waals surface area (Å²) in [7, 11) is 0. The molecule has 5 heteroatoms. The van der Waals surface area contributed by atoms with Crippen molar-refractivity contribution >= 4 is 11.8 Å². The van der Waals surface area contributed by atoms with Gasteiger partial charge in [-0.05, 0) is 26.8 Å². The van der Waals surface area contributed by atoms with Crippen molar-refractivity contribution in [2.75, 3.05) is 13.2 Å². The van der Waals surface area contributed by atoms with Gasteiger partial charge in [0.25, 0.3) is 0 Å². The molecule has 0 saturated carbocycles. The minimum atomic E-state index is -0.454. The fourth-order valence-electron chi connectivity index (χ4n) is 3.39. The van der Waals surface area contributed by atoms with E-state index in [1.54, 1.807) is 13.8 Å². The van der Waals surface area contributed by atoms with Gasteiger partial charge in [-0.15, -0.1) is 0 Å². The van der Waals surface area contributed by atoms with Crippen LogP contribution >= 0.6 is 0 Å². The zero-order valence-corrected chi connectivity index (χ0v) is 14.0. The van der Waals surface area contributed by atoms with Crippen LogP contribution in [0.15, 0.2) is 47.4 Å². The van der Waals surface area contributed by atoms with Crippen LogP contribution in [-0.2, 0) is 19.1 Å². The number of ether oxygens (including phenoxy) is 3. The molecular formula is C19H20O5. The number of allylic oxidation sites excluding steroid dienone is 2. The van der Waals surface area contributed by atoms with Gasteiger partial charge in [0, 0.05) is 17.1 Å². The number of carbonyl (C=O) groups excluding carboxylic acids is 2. The van der Waals surface area contributed by atoms with E-state index in [1.165, 1.54) is 13.0 Å². The molecule has 0 bridgehead atoms. The molecule has 3 rings (SSSR count). The molecule has 0 aromatic heterocycles. The van der Waals surface area contributed by atoms with Gasteiger partial charge in [-0.1, -0.05) is 18.2 Å². The van der Waals surface area contributed by atoms with Crippen LogP contribution in [0.4, 0.5) is 0 Å². The van der Waals surface area contributed by atoms with Gasteiger partial charge in [-0.25, -0.2) is 4.79 Å². The number of hydrogen-bond acceptors (Lipinski definition) is 5. The van der Waals surface area contributed by atoms with E-state index in [-0.39, 0.29) is 17.6 Å². The standard InChI is InChI=1S/C19H20O5/c1-4-22-17(21)9-16-14-10-23-15-8-6-5-7-13(15)19(14)18(11(2)20)12(3)24-16/h5-9,14,19H,4,10H2,1-3H3/b16-9-/t14-,19-/m1/s1. The second kappa shape index (κ2) is 6.51. The molecule has 1 aromatic rings. The van der Waals surface area contributed by atoms with Crippen molar-refractivity contribution in [2.24, 2.45) is 5.92 Å². The van der Waals surface area contributed by atoms with Gasteiger partial charge < -0.3 is 14.2 Å². The molecule has 2 aliphatic heterocycles. The molecule has 0 amide bonds. The Morgan fingerprint density at radius 3 is 2.79 bits per heavy atom. The number of para-hydroxylation sites is 1. The first-order valence-electron chi connectivity index (χ1n) is 8.02. The van der Waals surface area contributed by atoms with Gasteiger partial charge in [-0.2, -0.15) is 0 Å². The third kappa shape index (κ3) is 2.82. The lowest BCUT2D eigenvalue weighted by Gasteiger charge is -2.39. The van der Waals surface area contributed by atoms with Crippen molar-refractivity contribution in [3.8, 4) is 5.75 Å². The van der Waals surface area contributed by atoms with Crippen molar-refractivity contribution in [3.63, 3.8) is 0 Å². The second-order valence-corrected chi connectivity index (χ2v) is 5.86. The minimum absolute atomic E-state index is 0.0330. The van der Waals surface area contributed by atoms with Crippen LogP contribution in [0.5, 0.6) is 5.75 Å². The fourth-order valence-corrected chi connectivity index (χ4v) is 3.39. The Labute approximate surface area is 140 Å². The molecule has 0 radical (unpaired) electrons. The highest BCUT2D eigenvalue weighted by atomic mass is 16.5. The first kappa shape index (κ1) is 16.3. The predicted molar refractivity (Wildman–Crippen MR) is 87.4 cm³/mol. The Bertz CT molecular complexity index is 744. The molecule has 0 aliphatic carbocycles. The van der Waals surface area contributed by atoms with Crippen LogP contribution in [0.1, 0.15) is 32.3 Å². The highest BCUT2D eigenvalue weighted by Crippen LogP contribution is 2.48. The van der Waals surface area contributed by atoms with Crippen molar-refractivity contribution < 1.29 is 23.8 Å². The van der Waals surface area contributed by atoms with Gasteiger partial charge in [0.05, 0.1) is 25.2 Å². The summed E-state index contributed by atoms with van der Waals surface area (Å²) in [6.45, 7) is 5.68. The van der Waals surface area contributed by atoms with Gasteiger partial charge in [0.15, 0.2) is 5.78 Å². The van der Waals surface area contributed by atoms with E-state index in [9.17, 15) is 9.59 Å². The summed E-state index contributed by atoms with van der Waals surface area (Å²) in [5.74, 6) is 0.876. The van der Waals surface area contributed by atoms with E-state index >= 15 is 0 Å². The zero-order chi connectivity index (χ0) is 17.3. The number of fused-ring (bicyclic) bond motifs is 3. The second-order valence-electron chi connectivity index (χ2n) is 5.86. The Hall–Kier alpha value is -2.56. The number of hydrogen-bond donors (Lipinski definition) is 0. The first-order valence-corrected chi connectivity index (χ1v) is 8.02. The Kier molecular flexibility index (Phi) is 4.42. The molecule has 2 atom stereocenters. The Morgan fingerprint density at radius 2 is 2.08 bits per heavy atom. The molecule has 1 aromatic carbocycles. The number of ketones is 1. The van der Waals surface area contributed by atoms with Gasteiger partial charge in [-0.3, -0.25) is 4.79 Å². The molecule has 0 N–H and O–H groups in total. The third-order valence-electron chi connectivity index (χ3n) is 4.33. The number of Topliss-reactive ketones (excluding diaryl/α,β-unsaturated/α-hetero) is 1. The topological polar surface area (TPSA) is 61.8 Å². The number of carbonyl (C=O) groups is 2. The lowest BCUT2D eigenvalue weighted by molar-refractivity contribution is -0.137. The van der Waals surface area contributed by atoms with Crippen LogP contribution in [0.25, 0.3) is 0 Å². The van der Waals surface area contributed by atoms with Gasteiger partial charge >= 0.3 is 5.97 Å². The molecule has 0 fully saturated rings. The van der Waals surface area contributed by atoms with Crippen LogP contribution in [0.2, 0.25) is 0 Å². The van der Waals surface area contributed by atoms with E-state index in [0.29, 0.717) is 30.3 Å². The minimum Gasteiger partial charge on any atom is -0.492 e. The summed E-state index contributed by atoms with van der Waals surface area (Å²) >= 11 is 0. The molecule has 0 unspecified atom stereocenters. The maximum absolute atomic E-state index is 12.2. The Balaban J connectivity index is 2.11. The van der Waals surface area contributed by atoms with E-state index in [4.69, 9.17) is 14.2 Å². The summed E-state index contributed by atoms with van der Waals surface area (Å²) in [6.07, 6.45) is 1.36. The molecule has 126 valence electrons. The van der Waals surface area contributed by atoms with Crippen LogP contribution in [0.3, 0.4) is 0 Å². The zero-order valence-electron chi connectivity index (χ0n) is 14.0. The third-order valence-corrected chi connectivity index (χ3v) is 4.33. The highest BCUT2D eigenvalue weighted by molar-refractivity contribution is 5.96. The van der Waals surface area contributed by atoms with E-state index in [1.807, 2.05) is 24.3 Å². The molecular weight excluding hydrogens is 308 g/mol. The molecule has 0 saturated heterocycles. The quantitative estimate of drug-likeness (QED) is 0.630.